The average molecular weight is 545 g/mol. The Hall–Kier alpha value is -0.360. The Morgan fingerprint density at radius 2 is 1.59 bits per heavy atom. The molecule has 0 aromatic carbocycles. The van der Waals surface area contributed by atoms with Gasteiger partial charge in [-0.1, -0.05) is 53.2 Å². The van der Waals surface area contributed by atoms with Crippen LogP contribution < -0.4 is 0 Å². The van der Waals surface area contributed by atoms with Crippen molar-refractivity contribution in [3.8, 4) is 0 Å². The molecule has 4 saturated carbocycles. The van der Waals surface area contributed by atoms with E-state index in [9.17, 15) is 17.4 Å². The molecule has 0 bridgehead atoms. The zero-order chi connectivity index (χ0) is 27.6. The SMILES string of the molecule is CC(C)=CCCC(C)[C@H]1CC[C@@]2(C)C3CC[C@H]4C(C)(C)[C@@H](OS(=O)C(F)(F)F)CC[C@]4(C)C3CC[C@]12C. The van der Waals surface area contributed by atoms with Gasteiger partial charge in [-0.15, -0.1) is 0 Å². The molecule has 10 atom stereocenters. The fourth-order valence-corrected chi connectivity index (χ4v) is 11.3. The molecule has 0 spiro atoms. The summed E-state index contributed by atoms with van der Waals surface area (Å²) in [7, 11) is 0. The summed E-state index contributed by atoms with van der Waals surface area (Å²) in [5, 5.41) is 0. The lowest BCUT2D eigenvalue weighted by molar-refractivity contribution is -0.197. The summed E-state index contributed by atoms with van der Waals surface area (Å²) < 4.78 is 56.2. The summed E-state index contributed by atoms with van der Waals surface area (Å²) in [6.07, 6.45) is 13.0. The maximum Gasteiger partial charge on any atom is 0.497 e. The van der Waals surface area contributed by atoms with Crippen molar-refractivity contribution >= 4 is 11.1 Å². The highest BCUT2D eigenvalue weighted by Gasteiger charge is 2.67. The van der Waals surface area contributed by atoms with E-state index in [1.807, 2.05) is 0 Å². The summed E-state index contributed by atoms with van der Waals surface area (Å²) in [5.41, 5.74) is -3.05. The lowest BCUT2D eigenvalue weighted by atomic mass is 9.38. The Bertz CT molecular complexity index is 909. The lowest BCUT2D eigenvalue weighted by Crippen LogP contribution is -2.62. The van der Waals surface area contributed by atoms with Crippen LogP contribution in [0.1, 0.15) is 120 Å². The molecule has 37 heavy (non-hydrogen) atoms. The van der Waals surface area contributed by atoms with Crippen molar-refractivity contribution < 1.29 is 21.6 Å². The van der Waals surface area contributed by atoms with Gasteiger partial charge in [0.25, 0.3) is 11.1 Å². The fourth-order valence-electron chi connectivity index (χ4n) is 10.6. The van der Waals surface area contributed by atoms with Gasteiger partial charge in [0, 0.05) is 0 Å². The van der Waals surface area contributed by atoms with Gasteiger partial charge in [0.05, 0.1) is 6.10 Å². The third-order valence-corrected chi connectivity index (χ3v) is 13.5. The van der Waals surface area contributed by atoms with E-state index in [0.717, 1.165) is 31.1 Å². The van der Waals surface area contributed by atoms with Crippen LogP contribution in [0.2, 0.25) is 0 Å². The summed E-state index contributed by atoms with van der Waals surface area (Å²) in [4.78, 5) is 0. The molecule has 0 heterocycles. The second kappa shape index (κ2) is 9.93. The van der Waals surface area contributed by atoms with Crippen LogP contribution in [0.25, 0.3) is 0 Å². The predicted octanol–water partition coefficient (Wildman–Crippen LogP) is 9.62. The van der Waals surface area contributed by atoms with Gasteiger partial charge >= 0.3 is 5.51 Å². The summed E-state index contributed by atoms with van der Waals surface area (Å²) in [6, 6.07) is 0. The molecule has 4 rings (SSSR count). The topological polar surface area (TPSA) is 26.3 Å². The van der Waals surface area contributed by atoms with Gasteiger partial charge in [0.15, 0.2) is 0 Å². The Morgan fingerprint density at radius 1 is 0.946 bits per heavy atom. The molecule has 0 radical (unpaired) electrons. The summed E-state index contributed by atoms with van der Waals surface area (Å²) in [6.45, 7) is 18.6. The van der Waals surface area contributed by atoms with Crippen LogP contribution in [-0.4, -0.2) is 15.8 Å². The predicted molar refractivity (Wildman–Crippen MR) is 146 cm³/mol. The van der Waals surface area contributed by atoms with Crippen molar-refractivity contribution in [3.63, 3.8) is 0 Å². The van der Waals surface area contributed by atoms with Crippen LogP contribution in [0.3, 0.4) is 0 Å². The standard InChI is InChI=1S/C31H51F3O2S/c1-20(2)10-9-11-21(3)22-14-18-30(8)24-12-13-25-27(4,5)26(36-37(35)31(32,33)34)16-17-28(25,6)23(24)15-19-29(22,30)7/h10,21-26H,9,11-19H2,1-8H3/t21?,22-,23?,24?,25+,26+,28-,29-,30+,37?/m1/s1. The smallest absolute Gasteiger partial charge is 0.280 e. The van der Waals surface area contributed by atoms with E-state index in [1.54, 1.807) is 0 Å². The lowest BCUT2D eigenvalue weighted by Gasteiger charge is -2.67. The van der Waals surface area contributed by atoms with Crippen molar-refractivity contribution in [2.45, 2.75) is 131 Å². The first kappa shape index (κ1) is 29.6. The summed E-state index contributed by atoms with van der Waals surface area (Å²) >= 11 is -3.25. The molecule has 214 valence electrons. The van der Waals surface area contributed by atoms with Gasteiger partial charge in [0.2, 0.25) is 0 Å². The maximum absolute atomic E-state index is 13.1. The Labute approximate surface area is 226 Å². The van der Waals surface area contributed by atoms with Crippen LogP contribution in [0.15, 0.2) is 11.6 Å². The normalized spacial score (nSPS) is 44.8. The van der Waals surface area contributed by atoms with Crippen molar-refractivity contribution in [2.75, 3.05) is 0 Å². The largest absolute Gasteiger partial charge is 0.497 e. The first-order valence-corrected chi connectivity index (χ1v) is 15.8. The first-order valence-electron chi connectivity index (χ1n) is 14.8. The van der Waals surface area contributed by atoms with Crippen molar-refractivity contribution in [3.05, 3.63) is 11.6 Å². The van der Waals surface area contributed by atoms with E-state index in [1.165, 1.54) is 44.1 Å². The van der Waals surface area contributed by atoms with E-state index < -0.39 is 28.1 Å². The minimum absolute atomic E-state index is 0.101. The molecule has 6 heteroatoms. The van der Waals surface area contributed by atoms with Crippen LogP contribution in [0.5, 0.6) is 0 Å². The Morgan fingerprint density at radius 3 is 2.22 bits per heavy atom. The van der Waals surface area contributed by atoms with E-state index in [4.69, 9.17) is 4.18 Å². The Balaban J connectivity index is 1.54. The molecular formula is C31H51F3O2S. The molecule has 0 aromatic rings. The zero-order valence-corrected chi connectivity index (χ0v) is 25.3. The van der Waals surface area contributed by atoms with Crippen LogP contribution in [0.4, 0.5) is 13.2 Å². The van der Waals surface area contributed by atoms with Crippen LogP contribution >= 0.6 is 0 Å². The van der Waals surface area contributed by atoms with Crippen molar-refractivity contribution in [1.29, 1.82) is 0 Å². The first-order chi connectivity index (χ1) is 17.0. The number of alkyl halides is 3. The number of fused-ring (bicyclic) bond motifs is 5. The minimum Gasteiger partial charge on any atom is -0.280 e. The monoisotopic (exact) mass is 544 g/mol. The van der Waals surface area contributed by atoms with Gasteiger partial charge in [0.1, 0.15) is 0 Å². The Kier molecular flexibility index (Phi) is 7.95. The summed E-state index contributed by atoms with van der Waals surface area (Å²) in [5.74, 6) is 3.08. The third kappa shape index (κ3) is 4.80. The molecule has 0 aromatic heterocycles. The van der Waals surface area contributed by atoms with E-state index in [-0.39, 0.29) is 5.41 Å². The van der Waals surface area contributed by atoms with Gasteiger partial charge in [-0.3, -0.25) is 4.18 Å². The number of hydrogen-bond donors (Lipinski definition) is 0. The highest BCUT2D eigenvalue weighted by Crippen LogP contribution is 2.74. The molecule has 0 aliphatic heterocycles. The second-order valence-corrected chi connectivity index (χ2v) is 16.0. The molecule has 4 aliphatic rings. The van der Waals surface area contributed by atoms with Crippen LogP contribution in [0, 0.1) is 51.2 Å². The number of allylic oxidation sites excluding steroid dienone is 2. The van der Waals surface area contributed by atoms with E-state index >= 15 is 0 Å². The second-order valence-electron chi connectivity index (χ2n) is 14.8. The molecule has 4 unspecified atom stereocenters. The highest BCUT2D eigenvalue weighted by atomic mass is 32.2. The molecule has 0 N–H and O–H groups in total. The zero-order valence-electron chi connectivity index (χ0n) is 24.5. The van der Waals surface area contributed by atoms with Gasteiger partial charge in [-0.05, 0) is 129 Å². The van der Waals surface area contributed by atoms with Crippen molar-refractivity contribution in [2.24, 2.45) is 51.2 Å². The number of halogens is 3. The number of rotatable bonds is 6. The molecule has 4 aliphatic carbocycles. The quantitative estimate of drug-likeness (QED) is 0.311. The molecule has 2 nitrogen and oxygen atoms in total. The van der Waals surface area contributed by atoms with Crippen molar-refractivity contribution in [1.82, 2.24) is 0 Å². The molecular weight excluding hydrogens is 493 g/mol. The maximum atomic E-state index is 13.1. The average Bonchev–Trinajstić information content (AvgIpc) is 3.06. The minimum atomic E-state index is -4.82. The third-order valence-electron chi connectivity index (χ3n) is 12.7. The van der Waals surface area contributed by atoms with Gasteiger partial charge in [-0.2, -0.15) is 13.2 Å². The highest BCUT2D eigenvalue weighted by molar-refractivity contribution is 7.81. The molecule has 4 fully saturated rings. The fraction of sp³-hybridized carbons (Fsp3) is 0.935. The van der Waals surface area contributed by atoms with Gasteiger partial charge in [-0.25, -0.2) is 4.21 Å². The number of hydrogen-bond acceptors (Lipinski definition) is 2. The van der Waals surface area contributed by atoms with Gasteiger partial charge < -0.3 is 0 Å². The van der Waals surface area contributed by atoms with E-state index in [0.29, 0.717) is 35.0 Å². The molecule has 0 amide bonds. The van der Waals surface area contributed by atoms with Crippen LogP contribution in [-0.2, 0) is 15.3 Å². The molecule has 0 saturated heterocycles. The van der Waals surface area contributed by atoms with E-state index in [2.05, 4.69) is 61.5 Å².